The minimum absolute atomic E-state index is 0.0128. The summed E-state index contributed by atoms with van der Waals surface area (Å²) in [5.74, 6) is -0.746. The van der Waals surface area contributed by atoms with Gasteiger partial charge >= 0.3 is 0 Å². The van der Waals surface area contributed by atoms with Gasteiger partial charge in [0.05, 0.1) is 5.02 Å². The Kier molecular flexibility index (Phi) is 4.85. The van der Waals surface area contributed by atoms with E-state index in [1.165, 1.54) is 42.5 Å². The van der Waals surface area contributed by atoms with Crippen molar-refractivity contribution in [1.82, 2.24) is 10.2 Å². The molecule has 1 amide bonds. The number of anilines is 3. The molecule has 3 aromatic rings. The predicted molar refractivity (Wildman–Crippen MR) is 91.1 cm³/mol. The van der Waals surface area contributed by atoms with E-state index in [9.17, 15) is 13.6 Å². The maximum absolute atomic E-state index is 13.1. The van der Waals surface area contributed by atoms with Crippen molar-refractivity contribution in [3.63, 3.8) is 0 Å². The lowest BCUT2D eigenvalue weighted by molar-refractivity contribution is 0.102. The molecule has 0 radical (unpaired) electrons. The lowest BCUT2D eigenvalue weighted by Crippen LogP contribution is -2.13. The van der Waals surface area contributed by atoms with Gasteiger partial charge in [-0.25, -0.2) is 8.78 Å². The predicted octanol–water partition coefficient (Wildman–Crippen LogP) is 4.40. The molecule has 5 nitrogen and oxygen atoms in total. The summed E-state index contributed by atoms with van der Waals surface area (Å²) in [7, 11) is 0. The zero-order valence-corrected chi connectivity index (χ0v) is 13.4. The lowest BCUT2D eigenvalue weighted by Gasteiger charge is -2.07. The fourth-order valence-electron chi connectivity index (χ4n) is 1.98. The fourth-order valence-corrected chi connectivity index (χ4v) is 2.16. The van der Waals surface area contributed by atoms with Gasteiger partial charge in [0, 0.05) is 11.3 Å². The van der Waals surface area contributed by atoms with Crippen molar-refractivity contribution in [2.45, 2.75) is 0 Å². The number of hydrogen-bond donors (Lipinski definition) is 2. The molecular weight excluding hydrogens is 350 g/mol. The Hall–Kier alpha value is -3.06. The highest BCUT2D eigenvalue weighted by molar-refractivity contribution is 6.31. The molecule has 1 aromatic heterocycles. The molecule has 25 heavy (non-hydrogen) atoms. The summed E-state index contributed by atoms with van der Waals surface area (Å²) in [6.45, 7) is 0. The third-order valence-electron chi connectivity index (χ3n) is 3.20. The minimum Gasteiger partial charge on any atom is -0.339 e. The first-order chi connectivity index (χ1) is 12.0. The zero-order valence-electron chi connectivity index (χ0n) is 12.6. The molecule has 0 bridgehead atoms. The van der Waals surface area contributed by atoms with E-state index in [1.54, 1.807) is 12.1 Å². The Morgan fingerprint density at radius 1 is 0.920 bits per heavy atom. The number of benzene rings is 2. The van der Waals surface area contributed by atoms with E-state index >= 15 is 0 Å². The lowest BCUT2D eigenvalue weighted by atomic mass is 10.2. The highest BCUT2D eigenvalue weighted by Crippen LogP contribution is 2.22. The molecule has 0 fully saturated rings. The standard InChI is InChI=1S/C17H11ClF2N4O/c18-13-9-12(5-6-14(13)20)21-15-7-8-16(24-23-15)22-17(25)10-1-3-11(19)4-2-10/h1-9H,(H,21,23)(H,22,24,25). The van der Waals surface area contributed by atoms with Gasteiger partial charge in [-0.3, -0.25) is 4.79 Å². The fraction of sp³-hybridized carbons (Fsp3) is 0. The van der Waals surface area contributed by atoms with Crippen LogP contribution in [0.25, 0.3) is 0 Å². The number of halogens is 3. The van der Waals surface area contributed by atoms with Crippen LogP contribution in [0, 0.1) is 11.6 Å². The van der Waals surface area contributed by atoms with Crippen molar-refractivity contribution in [3.8, 4) is 0 Å². The van der Waals surface area contributed by atoms with Crippen LogP contribution < -0.4 is 10.6 Å². The number of nitrogens with zero attached hydrogens (tertiary/aromatic N) is 2. The van der Waals surface area contributed by atoms with Gasteiger partial charge in [-0.2, -0.15) is 0 Å². The van der Waals surface area contributed by atoms with Crippen molar-refractivity contribution < 1.29 is 13.6 Å². The van der Waals surface area contributed by atoms with E-state index in [0.717, 1.165) is 0 Å². The summed E-state index contributed by atoms with van der Waals surface area (Å²) in [4.78, 5) is 12.0. The van der Waals surface area contributed by atoms with Crippen LogP contribution in [0.2, 0.25) is 5.02 Å². The van der Waals surface area contributed by atoms with E-state index in [4.69, 9.17) is 11.6 Å². The molecule has 0 saturated carbocycles. The number of carbonyl (C=O) groups excluding carboxylic acids is 1. The number of carbonyl (C=O) groups is 1. The van der Waals surface area contributed by atoms with Crippen molar-refractivity contribution >= 4 is 34.8 Å². The van der Waals surface area contributed by atoms with E-state index < -0.39 is 17.5 Å². The summed E-state index contributed by atoms with van der Waals surface area (Å²) in [6.07, 6.45) is 0. The number of hydrogen-bond acceptors (Lipinski definition) is 4. The number of nitrogens with one attached hydrogen (secondary N) is 2. The van der Waals surface area contributed by atoms with Crippen molar-refractivity contribution in [2.24, 2.45) is 0 Å². The van der Waals surface area contributed by atoms with Crippen LogP contribution in [0.4, 0.5) is 26.1 Å². The third-order valence-corrected chi connectivity index (χ3v) is 3.49. The number of amides is 1. The molecule has 2 N–H and O–H groups in total. The largest absolute Gasteiger partial charge is 0.339 e. The molecule has 2 aromatic carbocycles. The highest BCUT2D eigenvalue weighted by atomic mass is 35.5. The van der Waals surface area contributed by atoms with Gasteiger partial charge in [0.15, 0.2) is 11.6 Å². The van der Waals surface area contributed by atoms with Crippen molar-refractivity contribution in [2.75, 3.05) is 10.6 Å². The molecule has 3 rings (SSSR count). The molecule has 0 aliphatic carbocycles. The summed E-state index contributed by atoms with van der Waals surface area (Å²) in [5.41, 5.74) is 0.843. The van der Waals surface area contributed by atoms with Crippen LogP contribution >= 0.6 is 11.6 Å². The second-order valence-corrected chi connectivity index (χ2v) is 5.43. The van der Waals surface area contributed by atoms with Crippen molar-refractivity contribution in [3.05, 3.63) is 76.8 Å². The Morgan fingerprint density at radius 2 is 1.60 bits per heavy atom. The average Bonchev–Trinajstić information content (AvgIpc) is 2.60. The molecule has 126 valence electrons. The monoisotopic (exact) mass is 360 g/mol. The van der Waals surface area contributed by atoms with Crippen LogP contribution in [0.5, 0.6) is 0 Å². The number of rotatable bonds is 4. The molecule has 0 aliphatic rings. The van der Waals surface area contributed by atoms with Gasteiger partial charge in [-0.05, 0) is 54.6 Å². The number of aromatic nitrogens is 2. The van der Waals surface area contributed by atoms with Crippen LogP contribution in [-0.4, -0.2) is 16.1 Å². The average molecular weight is 361 g/mol. The zero-order chi connectivity index (χ0) is 17.8. The first-order valence-corrected chi connectivity index (χ1v) is 7.52. The van der Waals surface area contributed by atoms with Gasteiger partial charge in [0.1, 0.15) is 11.6 Å². The molecule has 0 saturated heterocycles. The van der Waals surface area contributed by atoms with Crippen LogP contribution in [0.1, 0.15) is 10.4 Å². The van der Waals surface area contributed by atoms with Gasteiger partial charge in [-0.1, -0.05) is 11.6 Å². The maximum Gasteiger partial charge on any atom is 0.256 e. The molecule has 8 heteroatoms. The van der Waals surface area contributed by atoms with E-state index in [1.807, 2.05) is 0 Å². The maximum atomic E-state index is 13.1. The topological polar surface area (TPSA) is 66.9 Å². The second-order valence-electron chi connectivity index (χ2n) is 5.02. The smallest absolute Gasteiger partial charge is 0.256 e. The minimum atomic E-state index is -0.517. The highest BCUT2D eigenvalue weighted by Gasteiger charge is 2.08. The molecule has 0 atom stereocenters. The summed E-state index contributed by atoms with van der Waals surface area (Å²) in [5, 5.41) is 13.2. The normalized spacial score (nSPS) is 10.4. The van der Waals surface area contributed by atoms with Gasteiger partial charge in [0.2, 0.25) is 0 Å². The molecule has 1 heterocycles. The Labute approximate surface area is 146 Å². The van der Waals surface area contributed by atoms with Crippen LogP contribution in [-0.2, 0) is 0 Å². The Morgan fingerprint density at radius 3 is 2.24 bits per heavy atom. The van der Waals surface area contributed by atoms with E-state index in [0.29, 0.717) is 17.1 Å². The van der Waals surface area contributed by atoms with Crippen LogP contribution in [0.3, 0.4) is 0 Å². The van der Waals surface area contributed by atoms with E-state index in [2.05, 4.69) is 20.8 Å². The van der Waals surface area contributed by atoms with Crippen molar-refractivity contribution in [1.29, 1.82) is 0 Å². The SMILES string of the molecule is O=C(Nc1ccc(Nc2ccc(F)c(Cl)c2)nn1)c1ccc(F)cc1. The summed E-state index contributed by atoms with van der Waals surface area (Å²) in [6, 6.07) is 12.4. The first kappa shape index (κ1) is 16.8. The van der Waals surface area contributed by atoms with Crippen LogP contribution in [0.15, 0.2) is 54.6 Å². The summed E-state index contributed by atoms with van der Waals surface area (Å²) >= 11 is 5.71. The summed E-state index contributed by atoms with van der Waals surface area (Å²) < 4.78 is 26.0. The van der Waals surface area contributed by atoms with E-state index in [-0.39, 0.29) is 10.8 Å². The van der Waals surface area contributed by atoms with Gasteiger partial charge in [0.25, 0.3) is 5.91 Å². The molecule has 0 aliphatic heterocycles. The Bertz CT molecular complexity index is 902. The van der Waals surface area contributed by atoms with Gasteiger partial charge < -0.3 is 10.6 Å². The Balaban J connectivity index is 1.66. The molecule has 0 spiro atoms. The molecule has 0 unspecified atom stereocenters. The van der Waals surface area contributed by atoms with Gasteiger partial charge in [-0.15, -0.1) is 10.2 Å². The third kappa shape index (κ3) is 4.27. The quantitative estimate of drug-likeness (QED) is 0.723. The second kappa shape index (κ2) is 7.23. The molecular formula is C17H11ClF2N4O. The first-order valence-electron chi connectivity index (χ1n) is 7.14.